The van der Waals surface area contributed by atoms with Crippen LogP contribution >= 0.6 is 0 Å². The van der Waals surface area contributed by atoms with E-state index in [1.165, 1.54) is 11.3 Å². The van der Waals surface area contributed by atoms with E-state index in [2.05, 4.69) is 22.5 Å². The largest absolute Gasteiger partial charge is 0.409 e. The fourth-order valence-corrected chi connectivity index (χ4v) is 2.37. The van der Waals surface area contributed by atoms with E-state index in [1.54, 1.807) is 0 Å². The third kappa shape index (κ3) is 4.74. The third-order valence-electron chi connectivity index (χ3n) is 4.17. The van der Waals surface area contributed by atoms with Crippen LogP contribution in [0, 0.1) is 19.3 Å². The van der Waals surface area contributed by atoms with Gasteiger partial charge in [0.15, 0.2) is 0 Å². The highest BCUT2D eigenvalue weighted by atomic mass is 16.4. The van der Waals surface area contributed by atoms with Gasteiger partial charge in [0.25, 0.3) is 0 Å². The number of amidine groups is 1. The molecule has 0 spiro atoms. The molecule has 0 aliphatic carbocycles. The number of unbranched alkanes of at least 4 members (excludes halogenated alkanes) is 1. The lowest BCUT2D eigenvalue weighted by molar-refractivity contribution is 0.304. The molecule has 0 atom stereocenters. The van der Waals surface area contributed by atoms with Gasteiger partial charge >= 0.3 is 0 Å². The van der Waals surface area contributed by atoms with Crippen LogP contribution in [0.1, 0.15) is 50.1 Å². The second-order valence-electron chi connectivity index (χ2n) is 6.28. The van der Waals surface area contributed by atoms with Crippen molar-refractivity contribution in [1.29, 1.82) is 0 Å². The lowest BCUT2D eigenvalue weighted by atomic mass is 9.86. The van der Waals surface area contributed by atoms with Crippen molar-refractivity contribution in [3.05, 3.63) is 17.0 Å². The first-order chi connectivity index (χ1) is 9.79. The molecule has 0 aliphatic heterocycles. The fourth-order valence-electron chi connectivity index (χ4n) is 2.37. The summed E-state index contributed by atoms with van der Waals surface area (Å²) in [5.41, 5.74) is 9.03. The molecule has 1 heterocycles. The van der Waals surface area contributed by atoms with Gasteiger partial charge in [-0.2, -0.15) is 5.10 Å². The summed E-state index contributed by atoms with van der Waals surface area (Å²) in [7, 11) is 1.97. The van der Waals surface area contributed by atoms with Gasteiger partial charge in [0, 0.05) is 30.3 Å². The molecule has 0 bridgehead atoms. The lowest BCUT2D eigenvalue weighted by Crippen LogP contribution is -2.32. The molecule has 4 N–H and O–H groups in total. The number of nitrogens with two attached hydrogens (primary N) is 1. The molecule has 0 unspecified atom stereocenters. The van der Waals surface area contributed by atoms with Crippen LogP contribution in [0.2, 0.25) is 0 Å². The van der Waals surface area contributed by atoms with Gasteiger partial charge in [-0.1, -0.05) is 25.4 Å². The molecule has 1 rings (SSSR count). The number of nitrogens with zero attached hydrogens (tertiary/aromatic N) is 3. The molecule has 6 nitrogen and oxygen atoms in total. The quantitative estimate of drug-likeness (QED) is 0.225. The maximum atomic E-state index is 8.73. The molecule has 120 valence electrons. The molecular formula is C15H29N5O. The number of aryl methyl sites for hydroxylation is 2. The van der Waals surface area contributed by atoms with Crippen molar-refractivity contribution in [3.8, 4) is 0 Å². The SMILES string of the molecule is Cc1nn(C)c(C)c1CNCCCCC(C)(C)C(N)=NO. The topological polar surface area (TPSA) is 88.5 Å². The summed E-state index contributed by atoms with van der Waals surface area (Å²) < 4.78 is 1.92. The molecule has 0 aromatic carbocycles. The zero-order chi connectivity index (χ0) is 16.0. The number of nitrogens with one attached hydrogen (secondary N) is 1. The van der Waals surface area contributed by atoms with Crippen LogP contribution in [0.3, 0.4) is 0 Å². The molecule has 1 aromatic rings. The average Bonchev–Trinajstić information content (AvgIpc) is 2.67. The van der Waals surface area contributed by atoms with E-state index in [1.807, 2.05) is 32.5 Å². The summed E-state index contributed by atoms with van der Waals surface area (Å²) in [6.45, 7) is 9.95. The van der Waals surface area contributed by atoms with Gasteiger partial charge in [-0.25, -0.2) is 0 Å². The second-order valence-corrected chi connectivity index (χ2v) is 6.28. The molecule has 1 aromatic heterocycles. The fraction of sp³-hybridized carbons (Fsp3) is 0.733. The minimum Gasteiger partial charge on any atom is -0.409 e. The summed E-state index contributed by atoms with van der Waals surface area (Å²) in [6.07, 6.45) is 3.03. The Balaban J connectivity index is 2.27. The number of aromatic nitrogens is 2. The standard InChI is InChI=1S/C15H29N5O/c1-11-13(12(2)20(5)18-11)10-17-9-7-6-8-15(3,4)14(16)19-21/h17,21H,6-10H2,1-5H3,(H2,16,19). The Morgan fingerprint density at radius 2 is 2.05 bits per heavy atom. The smallest absolute Gasteiger partial charge is 0.144 e. The Labute approximate surface area is 127 Å². The maximum absolute atomic E-state index is 8.73. The minimum absolute atomic E-state index is 0.245. The van der Waals surface area contributed by atoms with Crippen molar-refractivity contribution >= 4 is 5.84 Å². The first kappa shape index (κ1) is 17.5. The number of oxime groups is 1. The van der Waals surface area contributed by atoms with Gasteiger partial charge in [0.1, 0.15) is 5.84 Å². The summed E-state index contributed by atoms with van der Waals surface area (Å²) in [5.74, 6) is 0.303. The third-order valence-corrected chi connectivity index (χ3v) is 4.17. The molecule has 0 fully saturated rings. The van der Waals surface area contributed by atoms with Gasteiger partial charge in [-0.05, 0) is 33.2 Å². The highest BCUT2D eigenvalue weighted by Crippen LogP contribution is 2.23. The van der Waals surface area contributed by atoms with Crippen LogP contribution in [0.5, 0.6) is 0 Å². The molecular weight excluding hydrogens is 266 g/mol. The van der Waals surface area contributed by atoms with E-state index in [0.29, 0.717) is 5.84 Å². The predicted octanol–water partition coefficient (Wildman–Crippen LogP) is 2.07. The van der Waals surface area contributed by atoms with Crippen molar-refractivity contribution in [2.45, 2.75) is 53.5 Å². The summed E-state index contributed by atoms with van der Waals surface area (Å²) in [4.78, 5) is 0. The molecule has 0 saturated carbocycles. The zero-order valence-corrected chi connectivity index (χ0v) is 13.9. The van der Waals surface area contributed by atoms with Gasteiger partial charge in [0.2, 0.25) is 0 Å². The van der Waals surface area contributed by atoms with E-state index in [4.69, 9.17) is 10.9 Å². The summed E-state index contributed by atoms with van der Waals surface area (Å²) >= 11 is 0. The van der Waals surface area contributed by atoms with E-state index >= 15 is 0 Å². The Kier molecular flexibility index (Phi) is 6.20. The second kappa shape index (κ2) is 7.45. The van der Waals surface area contributed by atoms with Crippen LogP contribution in [0.25, 0.3) is 0 Å². The van der Waals surface area contributed by atoms with Crippen molar-refractivity contribution in [1.82, 2.24) is 15.1 Å². The Bertz CT molecular complexity index is 490. The molecule has 0 radical (unpaired) electrons. The van der Waals surface area contributed by atoms with Crippen LogP contribution in [0.4, 0.5) is 0 Å². The average molecular weight is 295 g/mol. The van der Waals surface area contributed by atoms with Crippen molar-refractivity contribution < 1.29 is 5.21 Å². The van der Waals surface area contributed by atoms with Crippen LogP contribution in [-0.2, 0) is 13.6 Å². The minimum atomic E-state index is -0.245. The van der Waals surface area contributed by atoms with Crippen molar-refractivity contribution in [2.75, 3.05) is 6.54 Å². The number of hydrogen-bond acceptors (Lipinski definition) is 4. The van der Waals surface area contributed by atoms with E-state index in [9.17, 15) is 0 Å². The van der Waals surface area contributed by atoms with E-state index in [0.717, 1.165) is 38.0 Å². The highest BCUT2D eigenvalue weighted by Gasteiger charge is 2.22. The highest BCUT2D eigenvalue weighted by molar-refractivity contribution is 5.85. The van der Waals surface area contributed by atoms with Gasteiger partial charge in [-0.15, -0.1) is 0 Å². The van der Waals surface area contributed by atoms with Crippen LogP contribution < -0.4 is 11.1 Å². The van der Waals surface area contributed by atoms with E-state index in [-0.39, 0.29) is 5.41 Å². The molecule has 6 heteroatoms. The summed E-state index contributed by atoms with van der Waals surface area (Å²) in [6, 6.07) is 0. The maximum Gasteiger partial charge on any atom is 0.144 e. The van der Waals surface area contributed by atoms with Crippen molar-refractivity contribution in [3.63, 3.8) is 0 Å². The van der Waals surface area contributed by atoms with Gasteiger partial charge in [-0.3, -0.25) is 4.68 Å². The Morgan fingerprint density at radius 1 is 1.38 bits per heavy atom. The first-order valence-electron chi connectivity index (χ1n) is 7.47. The van der Waals surface area contributed by atoms with Crippen molar-refractivity contribution in [2.24, 2.45) is 23.4 Å². The molecule has 0 saturated heterocycles. The number of hydrogen-bond donors (Lipinski definition) is 3. The first-order valence-corrected chi connectivity index (χ1v) is 7.47. The molecule has 0 aliphatic rings. The summed E-state index contributed by atoms with van der Waals surface area (Å²) in [5, 5.41) is 19.7. The van der Waals surface area contributed by atoms with E-state index < -0.39 is 0 Å². The lowest BCUT2D eigenvalue weighted by Gasteiger charge is -2.22. The van der Waals surface area contributed by atoms with Crippen LogP contribution in [-0.4, -0.2) is 27.4 Å². The normalized spacial score (nSPS) is 12.9. The predicted molar refractivity (Wildman–Crippen MR) is 85.4 cm³/mol. The van der Waals surface area contributed by atoms with Crippen LogP contribution in [0.15, 0.2) is 5.16 Å². The molecule has 0 amide bonds. The van der Waals surface area contributed by atoms with Gasteiger partial charge < -0.3 is 16.3 Å². The van der Waals surface area contributed by atoms with Gasteiger partial charge in [0.05, 0.1) is 5.69 Å². The Morgan fingerprint density at radius 3 is 2.57 bits per heavy atom. The monoisotopic (exact) mass is 295 g/mol. The number of rotatable bonds is 8. The zero-order valence-electron chi connectivity index (χ0n) is 13.9. The Hall–Kier alpha value is -1.56. The molecule has 21 heavy (non-hydrogen) atoms.